The summed E-state index contributed by atoms with van der Waals surface area (Å²) in [6.07, 6.45) is 4.20. The summed E-state index contributed by atoms with van der Waals surface area (Å²) in [5.41, 5.74) is -0.605. The van der Waals surface area contributed by atoms with Crippen molar-refractivity contribution >= 4 is 17.8 Å². The highest BCUT2D eigenvalue weighted by Gasteiger charge is 2.29. The van der Waals surface area contributed by atoms with Crippen molar-refractivity contribution in [2.24, 2.45) is 5.92 Å². The number of Topliss-reactive ketones (excluding diaryl/α,β-unsaturated/α-hetero) is 1. The second kappa shape index (κ2) is 8.15. The number of amides is 1. The molecule has 1 rings (SSSR count). The lowest BCUT2D eigenvalue weighted by atomic mass is 9.82. The molecule has 22 heavy (non-hydrogen) atoms. The number of rotatable bonds is 6. The SMILES string of the molecule is CC(C)(C)OC(=O)NC(CC(=O)CC(=O)O)C1CCCCC1. The van der Waals surface area contributed by atoms with Crippen molar-refractivity contribution in [3.63, 3.8) is 0 Å². The first-order chi connectivity index (χ1) is 10.2. The lowest BCUT2D eigenvalue weighted by Crippen LogP contribution is -2.44. The Bertz CT molecular complexity index is 407. The Morgan fingerprint density at radius 1 is 1.18 bits per heavy atom. The molecule has 0 aromatic rings. The van der Waals surface area contributed by atoms with Crippen molar-refractivity contribution in [1.82, 2.24) is 5.32 Å². The number of carboxylic acid groups (broad SMARTS) is 1. The van der Waals surface area contributed by atoms with E-state index in [1.165, 1.54) is 6.42 Å². The standard InChI is InChI=1S/C16H27NO5/c1-16(2,3)22-15(21)17-13(9-12(18)10-14(19)20)11-7-5-4-6-8-11/h11,13H,4-10H2,1-3H3,(H,17,21)(H,19,20). The van der Waals surface area contributed by atoms with Gasteiger partial charge in [-0.05, 0) is 39.5 Å². The Hall–Kier alpha value is -1.59. The molecule has 6 heteroatoms. The third kappa shape index (κ3) is 7.43. The van der Waals surface area contributed by atoms with E-state index >= 15 is 0 Å². The minimum Gasteiger partial charge on any atom is -0.481 e. The first kappa shape index (κ1) is 18.5. The molecule has 0 heterocycles. The lowest BCUT2D eigenvalue weighted by molar-refractivity contribution is -0.140. The molecular weight excluding hydrogens is 286 g/mol. The zero-order chi connectivity index (χ0) is 16.8. The molecule has 126 valence electrons. The summed E-state index contributed by atoms with van der Waals surface area (Å²) in [4.78, 5) is 34.4. The van der Waals surface area contributed by atoms with Crippen LogP contribution in [0.25, 0.3) is 0 Å². The number of ether oxygens (including phenoxy) is 1. The number of hydrogen-bond acceptors (Lipinski definition) is 4. The van der Waals surface area contributed by atoms with Gasteiger partial charge in [0.15, 0.2) is 0 Å². The number of carboxylic acids is 1. The smallest absolute Gasteiger partial charge is 0.407 e. The minimum atomic E-state index is -1.13. The monoisotopic (exact) mass is 313 g/mol. The second-order valence-electron chi connectivity index (χ2n) is 6.96. The van der Waals surface area contributed by atoms with Gasteiger partial charge in [-0.1, -0.05) is 19.3 Å². The van der Waals surface area contributed by atoms with Gasteiger partial charge in [-0.25, -0.2) is 4.79 Å². The fourth-order valence-corrected chi connectivity index (χ4v) is 2.82. The van der Waals surface area contributed by atoms with Crippen LogP contribution in [-0.2, 0) is 14.3 Å². The van der Waals surface area contributed by atoms with Crippen LogP contribution in [0.1, 0.15) is 65.7 Å². The number of aliphatic carboxylic acids is 1. The van der Waals surface area contributed by atoms with E-state index in [1.807, 2.05) is 0 Å². The van der Waals surface area contributed by atoms with Crippen LogP contribution in [0.5, 0.6) is 0 Å². The summed E-state index contributed by atoms with van der Waals surface area (Å²) in [7, 11) is 0. The van der Waals surface area contributed by atoms with Crippen LogP contribution in [0.15, 0.2) is 0 Å². The number of ketones is 1. The highest BCUT2D eigenvalue weighted by atomic mass is 16.6. The predicted molar refractivity (Wildman–Crippen MR) is 81.6 cm³/mol. The molecule has 0 spiro atoms. The molecule has 0 radical (unpaired) electrons. The molecule has 2 N–H and O–H groups in total. The van der Waals surface area contributed by atoms with E-state index in [0.29, 0.717) is 0 Å². The molecule has 1 atom stereocenters. The van der Waals surface area contributed by atoms with Gasteiger partial charge in [0.25, 0.3) is 0 Å². The van der Waals surface area contributed by atoms with Crippen LogP contribution in [0.4, 0.5) is 4.79 Å². The molecule has 1 fully saturated rings. The van der Waals surface area contributed by atoms with Crippen molar-refractivity contribution in [3.05, 3.63) is 0 Å². The summed E-state index contributed by atoms with van der Waals surface area (Å²) < 4.78 is 5.24. The molecule has 0 aromatic heterocycles. The van der Waals surface area contributed by atoms with Gasteiger partial charge < -0.3 is 15.2 Å². The Labute approximate surface area is 131 Å². The van der Waals surface area contributed by atoms with Crippen LogP contribution in [-0.4, -0.2) is 34.6 Å². The topological polar surface area (TPSA) is 92.7 Å². The number of alkyl carbamates (subject to hydrolysis) is 1. The van der Waals surface area contributed by atoms with E-state index < -0.39 is 24.1 Å². The number of carbonyl (C=O) groups is 3. The largest absolute Gasteiger partial charge is 0.481 e. The summed E-state index contributed by atoms with van der Waals surface area (Å²) in [6, 6.07) is -0.345. The Morgan fingerprint density at radius 3 is 2.27 bits per heavy atom. The molecule has 0 aliphatic heterocycles. The Balaban J connectivity index is 2.66. The van der Waals surface area contributed by atoms with Crippen LogP contribution < -0.4 is 5.32 Å². The maximum absolute atomic E-state index is 12.0. The number of hydrogen-bond donors (Lipinski definition) is 2. The van der Waals surface area contributed by atoms with Crippen LogP contribution >= 0.6 is 0 Å². The van der Waals surface area contributed by atoms with Gasteiger partial charge in [0, 0.05) is 12.5 Å². The van der Waals surface area contributed by atoms with Crippen molar-refractivity contribution in [2.45, 2.75) is 77.4 Å². The average Bonchev–Trinajstić information content (AvgIpc) is 2.35. The fourth-order valence-electron chi connectivity index (χ4n) is 2.82. The molecule has 0 bridgehead atoms. The first-order valence-electron chi connectivity index (χ1n) is 7.90. The molecule has 0 saturated heterocycles. The maximum Gasteiger partial charge on any atom is 0.407 e. The van der Waals surface area contributed by atoms with E-state index in [-0.39, 0.29) is 24.2 Å². The molecule has 6 nitrogen and oxygen atoms in total. The average molecular weight is 313 g/mol. The number of nitrogens with one attached hydrogen (secondary N) is 1. The van der Waals surface area contributed by atoms with E-state index in [1.54, 1.807) is 20.8 Å². The van der Waals surface area contributed by atoms with E-state index in [4.69, 9.17) is 9.84 Å². The molecule has 0 aromatic carbocycles. The quantitative estimate of drug-likeness (QED) is 0.735. The maximum atomic E-state index is 12.0. The highest BCUT2D eigenvalue weighted by Crippen LogP contribution is 2.28. The van der Waals surface area contributed by atoms with Crippen LogP contribution in [0.3, 0.4) is 0 Å². The zero-order valence-electron chi connectivity index (χ0n) is 13.7. The third-order valence-electron chi connectivity index (χ3n) is 3.72. The van der Waals surface area contributed by atoms with Crippen LogP contribution in [0.2, 0.25) is 0 Å². The Kier molecular flexibility index (Phi) is 6.84. The summed E-state index contributed by atoms with van der Waals surface area (Å²) in [6.45, 7) is 5.33. The van der Waals surface area contributed by atoms with E-state index in [0.717, 1.165) is 25.7 Å². The highest BCUT2D eigenvalue weighted by molar-refractivity contribution is 5.95. The van der Waals surface area contributed by atoms with E-state index in [9.17, 15) is 14.4 Å². The lowest BCUT2D eigenvalue weighted by Gasteiger charge is -2.31. The summed E-state index contributed by atoms with van der Waals surface area (Å²) in [5, 5.41) is 11.5. The number of carbonyl (C=O) groups excluding carboxylic acids is 2. The van der Waals surface area contributed by atoms with Gasteiger partial charge in [-0.3, -0.25) is 9.59 Å². The molecule has 1 aliphatic rings. The van der Waals surface area contributed by atoms with Gasteiger partial charge in [0.05, 0.1) is 0 Å². The van der Waals surface area contributed by atoms with Crippen LogP contribution in [0, 0.1) is 5.92 Å². The van der Waals surface area contributed by atoms with Crippen molar-refractivity contribution in [2.75, 3.05) is 0 Å². The molecule has 1 amide bonds. The van der Waals surface area contributed by atoms with Gasteiger partial charge in [-0.15, -0.1) is 0 Å². The van der Waals surface area contributed by atoms with Crippen molar-refractivity contribution in [1.29, 1.82) is 0 Å². The third-order valence-corrected chi connectivity index (χ3v) is 3.72. The Morgan fingerprint density at radius 2 is 1.77 bits per heavy atom. The van der Waals surface area contributed by atoms with E-state index in [2.05, 4.69) is 5.32 Å². The fraction of sp³-hybridized carbons (Fsp3) is 0.812. The summed E-state index contributed by atoms with van der Waals surface area (Å²) in [5.74, 6) is -1.29. The molecule has 1 saturated carbocycles. The van der Waals surface area contributed by atoms with Gasteiger partial charge >= 0.3 is 12.1 Å². The zero-order valence-corrected chi connectivity index (χ0v) is 13.7. The van der Waals surface area contributed by atoms with Crippen molar-refractivity contribution < 1.29 is 24.2 Å². The van der Waals surface area contributed by atoms with Gasteiger partial charge in [0.1, 0.15) is 17.8 Å². The predicted octanol–water partition coefficient (Wildman–Crippen LogP) is 2.89. The van der Waals surface area contributed by atoms with Crippen molar-refractivity contribution in [3.8, 4) is 0 Å². The molecular formula is C16H27NO5. The minimum absolute atomic E-state index is 0.0518. The summed E-state index contributed by atoms with van der Waals surface area (Å²) >= 11 is 0. The van der Waals surface area contributed by atoms with Gasteiger partial charge in [0.2, 0.25) is 0 Å². The van der Waals surface area contributed by atoms with Gasteiger partial charge in [-0.2, -0.15) is 0 Å². The first-order valence-corrected chi connectivity index (χ1v) is 7.90. The second-order valence-corrected chi connectivity index (χ2v) is 6.96. The normalized spacial score (nSPS) is 17.6. The molecule has 1 unspecified atom stereocenters. The molecule has 1 aliphatic carbocycles.